The highest BCUT2D eigenvalue weighted by Crippen LogP contribution is 2.26. The fourth-order valence-electron chi connectivity index (χ4n) is 1.35. The molecule has 0 atom stereocenters. The molecule has 2 aromatic rings. The van der Waals surface area contributed by atoms with Crippen molar-refractivity contribution in [3.63, 3.8) is 0 Å². The predicted molar refractivity (Wildman–Crippen MR) is 68.4 cm³/mol. The van der Waals surface area contributed by atoms with Crippen molar-refractivity contribution in [3.8, 4) is 11.6 Å². The number of ketones is 1. The van der Waals surface area contributed by atoms with E-state index in [1.807, 2.05) is 0 Å². The minimum absolute atomic E-state index is 0.0615. The van der Waals surface area contributed by atoms with Crippen LogP contribution < -0.4 is 4.74 Å². The highest BCUT2D eigenvalue weighted by Gasteiger charge is 2.07. The molecule has 5 heteroatoms. The summed E-state index contributed by atoms with van der Waals surface area (Å²) in [6.45, 7) is 1.44. The molecule has 0 unspecified atom stereocenters. The number of nitrogens with zero attached hydrogens (tertiary/aromatic N) is 1. The first-order valence-electron chi connectivity index (χ1n) is 5.16. The number of carbonyl (C=O) groups excluding carboxylic acids is 1. The molecule has 1 aromatic heterocycles. The van der Waals surface area contributed by atoms with Crippen molar-refractivity contribution in [3.05, 3.63) is 52.4 Å². The number of Topliss-reactive ketones (excluding diaryl/α,β-unsaturated/α-hetero) is 1. The lowest BCUT2D eigenvalue weighted by Gasteiger charge is -2.06. The van der Waals surface area contributed by atoms with Crippen LogP contribution in [0.3, 0.4) is 0 Å². The molecular formula is C13H9BrFNO2. The van der Waals surface area contributed by atoms with Gasteiger partial charge in [0.15, 0.2) is 17.3 Å². The van der Waals surface area contributed by atoms with Crippen molar-refractivity contribution < 1.29 is 13.9 Å². The Balaban J connectivity index is 2.28. The molecule has 1 aromatic carbocycles. The van der Waals surface area contributed by atoms with Gasteiger partial charge >= 0.3 is 0 Å². The lowest BCUT2D eigenvalue weighted by Crippen LogP contribution is -1.95. The molecule has 0 aliphatic heterocycles. The summed E-state index contributed by atoms with van der Waals surface area (Å²) in [6.07, 6.45) is 1.45. The number of ether oxygens (including phenoxy) is 1. The first-order chi connectivity index (χ1) is 8.56. The third-order valence-electron chi connectivity index (χ3n) is 2.25. The molecular weight excluding hydrogens is 301 g/mol. The molecule has 0 fully saturated rings. The normalized spacial score (nSPS) is 10.2. The largest absolute Gasteiger partial charge is 0.436 e. The average molecular weight is 310 g/mol. The quantitative estimate of drug-likeness (QED) is 0.805. The molecule has 0 spiro atoms. The SMILES string of the molecule is CC(=O)c1ccnc(Oc2ccc(Br)cc2F)c1. The fraction of sp³-hybridized carbons (Fsp3) is 0.0769. The number of rotatable bonds is 3. The summed E-state index contributed by atoms with van der Waals surface area (Å²) >= 11 is 3.16. The standard InChI is InChI=1S/C13H9BrFNO2/c1-8(17)9-4-5-16-13(6-9)18-12-3-2-10(14)7-11(12)15/h2-7H,1H3. The van der Waals surface area contributed by atoms with Gasteiger partial charge in [0.2, 0.25) is 5.88 Å². The summed E-state index contributed by atoms with van der Waals surface area (Å²) in [5.74, 6) is -0.353. The van der Waals surface area contributed by atoms with Crippen LogP contribution >= 0.6 is 15.9 Å². The molecule has 0 aliphatic rings. The van der Waals surface area contributed by atoms with Gasteiger partial charge < -0.3 is 4.74 Å². The number of halogens is 2. The Labute approximate surface area is 112 Å². The predicted octanol–water partition coefficient (Wildman–Crippen LogP) is 3.98. The van der Waals surface area contributed by atoms with Crippen molar-refractivity contribution in [1.82, 2.24) is 4.98 Å². The van der Waals surface area contributed by atoms with E-state index in [9.17, 15) is 9.18 Å². The zero-order valence-corrected chi connectivity index (χ0v) is 11.1. The van der Waals surface area contributed by atoms with Crippen molar-refractivity contribution >= 4 is 21.7 Å². The first kappa shape index (κ1) is 12.7. The molecule has 0 radical (unpaired) electrons. The van der Waals surface area contributed by atoms with E-state index in [1.54, 1.807) is 12.1 Å². The molecule has 0 saturated heterocycles. The van der Waals surface area contributed by atoms with E-state index in [0.717, 1.165) is 0 Å². The maximum absolute atomic E-state index is 13.5. The maximum atomic E-state index is 13.5. The molecule has 0 N–H and O–H groups in total. The van der Waals surface area contributed by atoms with E-state index in [2.05, 4.69) is 20.9 Å². The van der Waals surface area contributed by atoms with Crippen LogP contribution in [0.1, 0.15) is 17.3 Å². The van der Waals surface area contributed by atoms with Crippen LogP contribution in [0, 0.1) is 5.82 Å². The number of pyridine rings is 1. The molecule has 2 rings (SSSR count). The van der Waals surface area contributed by atoms with Crippen LogP contribution in [0.25, 0.3) is 0 Å². The van der Waals surface area contributed by atoms with Gasteiger partial charge in [-0.2, -0.15) is 0 Å². The fourth-order valence-corrected chi connectivity index (χ4v) is 1.69. The molecule has 18 heavy (non-hydrogen) atoms. The van der Waals surface area contributed by atoms with Gasteiger partial charge in [0.05, 0.1) is 0 Å². The van der Waals surface area contributed by atoms with Crippen molar-refractivity contribution in [2.24, 2.45) is 0 Å². The van der Waals surface area contributed by atoms with Crippen molar-refractivity contribution in [2.45, 2.75) is 6.92 Å². The third-order valence-corrected chi connectivity index (χ3v) is 2.74. The zero-order chi connectivity index (χ0) is 13.1. The third kappa shape index (κ3) is 2.92. The zero-order valence-electron chi connectivity index (χ0n) is 9.48. The average Bonchev–Trinajstić information content (AvgIpc) is 2.33. The Bertz CT molecular complexity index is 601. The van der Waals surface area contributed by atoms with Gasteiger partial charge in [-0.3, -0.25) is 4.79 Å². The van der Waals surface area contributed by atoms with E-state index < -0.39 is 5.82 Å². The van der Waals surface area contributed by atoms with Gasteiger partial charge in [-0.15, -0.1) is 0 Å². The highest BCUT2D eigenvalue weighted by atomic mass is 79.9. The Kier molecular flexibility index (Phi) is 3.72. The van der Waals surface area contributed by atoms with Crippen LogP contribution in [0.2, 0.25) is 0 Å². The van der Waals surface area contributed by atoms with Gasteiger partial charge in [-0.05, 0) is 31.2 Å². The topological polar surface area (TPSA) is 39.2 Å². The number of hydrogen-bond acceptors (Lipinski definition) is 3. The molecule has 0 saturated carbocycles. The lowest BCUT2D eigenvalue weighted by atomic mass is 10.2. The summed E-state index contributed by atoms with van der Waals surface area (Å²) in [7, 11) is 0. The Morgan fingerprint density at radius 3 is 2.78 bits per heavy atom. The molecule has 1 heterocycles. The van der Waals surface area contributed by atoms with Gasteiger partial charge in [-0.1, -0.05) is 15.9 Å². The van der Waals surface area contributed by atoms with E-state index in [1.165, 1.54) is 31.3 Å². The maximum Gasteiger partial charge on any atom is 0.220 e. The van der Waals surface area contributed by atoms with Gasteiger partial charge in [0.25, 0.3) is 0 Å². The van der Waals surface area contributed by atoms with Crippen LogP contribution in [-0.2, 0) is 0 Å². The summed E-state index contributed by atoms with van der Waals surface area (Å²) in [5, 5.41) is 0. The Morgan fingerprint density at radius 2 is 2.11 bits per heavy atom. The second kappa shape index (κ2) is 5.27. The van der Waals surface area contributed by atoms with Gasteiger partial charge in [0.1, 0.15) is 0 Å². The molecule has 92 valence electrons. The molecule has 3 nitrogen and oxygen atoms in total. The van der Waals surface area contributed by atoms with Crippen LogP contribution in [-0.4, -0.2) is 10.8 Å². The van der Waals surface area contributed by atoms with E-state index >= 15 is 0 Å². The van der Waals surface area contributed by atoms with Crippen LogP contribution in [0.4, 0.5) is 4.39 Å². The number of aromatic nitrogens is 1. The lowest BCUT2D eigenvalue weighted by molar-refractivity contribution is 0.101. The summed E-state index contributed by atoms with van der Waals surface area (Å²) in [6, 6.07) is 7.50. The second-order valence-corrected chi connectivity index (χ2v) is 4.53. The molecule has 0 bridgehead atoms. The first-order valence-corrected chi connectivity index (χ1v) is 5.95. The summed E-state index contributed by atoms with van der Waals surface area (Å²) < 4.78 is 19.5. The van der Waals surface area contributed by atoms with Crippen molar-refractivity contribution in [2.75, 3.05) is 0 Å². The summed E-state index contributed by atoms with van der Waals surface area (Å²) in [4.78, 5) is 15.1. The van der Waals surface area contributed by atoms with Crippen molar-refractivity contribution in [1.29, 1.82) is 0 Å². The van der Waals surface area contributed by atoms with E-state index in [4.69, 9.17) is 4.74 Å². The number of carbonyl (C=O) groups is 1. The van der Waals surface area contributed by atoms with E-state index in [0.29, 0.717) is 10.0 Å². The highest BCUT2D eigenvalue weighted by molar-refractivity contribution is 9.10. The monoisotopic (exact) mass is 309 g/mol. The minimum atomic E-state index is -0.501. The number of hydrogen-bond donors (Lipinski definition) is 0. The second-order valence-electron chi connectivity index (χ2n) is 3.62. The van der Waals surface area contributed by atoms with E-state index in [-0.39, 0.29) is 17.4 Å². The van der Waals surface area contributed by atoms with Crippen LogP contribution in [0.15, 0.2) is 41.0 Å². The minimum Gasteiger partial charge on any atom is -0.436 e. The van der Waals surface area contributed by atoms with Gasteiger partial charge in [-0.25, -0.2) is 9.37 Å². The molecule has 0 aliphatic carbocycles. The van der Waals surface area contributed by atoms with Gasteiger partial charge in [0, 0.05) is 22.3 Å². The Morgan fingerprint density at radius 1 is 1.33 bits per heavy atom. The Hall–Kier alpha value is -1.75. The molecule has 0 amide bonds. The van der Waals surface area contributed by atoms with Crippen LogP contribution in [0.5, 0.6) is 11.6 Å². The number of benzene rings is 1. The summed E-state index contributed by atoms with van der Waals surface area (Å²) in [5.41, 5.74) is 0.470. The smallest absolute Gasteiger partial charge is 0.220 e.